The summed E-state index contributed by atoms with van der Waals surface area (Å²) in [6, 6.07) is 9.51. The van der Waals surface area contributed by atoms with E-state index in [4.69, 9.17) is 16.3 Å². The summed E-state index contributed by atoms with van der Waals surface area (Å²) in [5, 5.41) is 2.95. The van der Waals surface area contributed by atoms with E-state index in [0.717, 1.165) is 11.6 Å². The highest BCUT2D eigenvalue weighted by Gasteiger charge is 2.18. The number of methoxy groups -OCH3 is 1. The monoisotopic (exact) mass is 335 g/mol. The van der Waals surface area contributed by atoms with Crippen LogP contribution in [0.4, 0.5) is 10.1 Å². The van der Waals surface area contributed by atoms with Crippen molar-refractivity contribution in [2.24, 2.45) is 0 Å². The van der Waals surface area contributed by atoms with Crippen molar-refractivity contribution >= 4 is 23.2 Å². The third-order valence-corrected chi connectivity index (χ3v) is 3.72. The number of carbonyl (C=O) groups is 1. The summed E-state index contributed by atoms with van der Waals surface area (Å²) >= 11 is 5.71. The van der Waals surface area contributed by atoms with Crippen molar-refractivity contribution in [2.75, 3.05) is 12.4 Å². The fraction of sp³-hybridized carbons (Fsp3) is 0.278. The molecule has 5 heteroatoms. The highest BCUT2D eigenvalue weighted by atomic mass is 35.5. The molecule has 0 aliphatic rings. The van der Waals surface area contributed by atoms with Gasteiger partial charge in [0.1, 0.15) is 11.6 Å². The number of amides is 1. The number of hydrogen-bond donors (Lipinski definition) is 1. The minimum absolute atomic E-state index is 0.0717. The lowest BCUT2D eigenvalue weighted by Crippen LogP contribution is -2.16. The summed E-state index contributed by atoms with van der Waals surface area (Å²) in [5.74, 6) is -0.704. The molecule has 0 aliphatic carbocycles. The largest absolute Gasteiger partial charge is 0.495 e. The van der Waals surface area contributed by atoms with E-state index >= 15 is 0 Å². The first-order chi connectivity index (χ1) is 10.7. The summed E-state index contributed by atoms with van der Waals surface area (Å²) in [4.78, 5) is 12.3. The van der Waals surface area contributed by atoms with Crippen molar-refractivity contribution in [3.8, 4) is 5.75 Å². The Morgan fingerprint density at radius 1 is 1.17 bits per heavy atom. The molecule has 0 atom stereocenters. The van der Waals surface area contributed by atoms with Gasteiger partial charge in [-0.25, -0.2) is 4.39 Å². The van der Waals surface area contributed by atoms with Crippen LogP contribution in [-0.2, 0) is 5.41 Å². The molecule has 2 rings (SSSR count). The smallest absolute Gasteiger partial charge is 0.258 e. The zero-order chi connectivity index (χ0) is 17.2. The molecule has 0 bridgehead atoms. The van der Waals surface area contributed by atoms with Gasteiger partial charge in [0.15, 0.2) is 0 Å². The lowest BCUT2D eigenvalue weighted by molar-refractivity contribution is 0.102. The molecule has 0 aliphatic heterocycles. The van der Waals surface area contributed by atoms with Gasteiger partial charge >= 0.3 is 0 Å². The molecule has 23 heavy (non-hydrogen) atoms. The third kappa shape index (κ3) is 4.02. The molecule has 1 N–H and O–H groups in total. The molecule has 0 unspecified atom stereocenters. The molecule has 2 aromatic carbocycles. The topological polar surface area (TPSA) is 38.3 Å². The van der Waals surface area contributed by atoms with Crippen molar-refractivity contribution in [3.63, 3.8) is 0 Å². The Kier molecular flexibility index (Phi) is 4.95. The van der Waals surface area contributed by atoms with Crippen molar-refractivity contribution in [1.82, 2.24) is 0 Å². The number of hydrogen-bond acceptors (Lipinski definition) is 2. The van der Waals surface area contributed by atoms with Crippen LogP contribution in [0, 0.1) is 5.82 Å². The zero-order valence-electron chi connectivity index (χ0n) is 13.5. The Hall–Kier alpha value is -2.07. The SMILES string of the molecule is COc1ccc(C(C)(C)C)cc1NC(=O)c1ccc(Cl)cc1F. The van der Waals surface area contributed by atoms with E-state index in [-0.39, 0.29) is 16.0 Å². The van der Waals surface area contributed by atoms with Gasteiger partial charge in [0, 0.05) is 5.02 Å². The minimum Gasteiger partial charge on any atom is -0.495 e. The maximum atomic E-state index is 13.9. The van der Waals surface area contributed by atoms with E-state index in [1.54, 1.807) is 6.07 Å². The Balaban J connectivity index is 2.36. The predicted molar refractivity (Wildman–Crippen MR) is 91.1 cm³/mol. The van der Waals surface area contributed by atoms with Gasteiger partial charge in [-0.2, -0.15) is 0 Å². The van der Waals surface area contributed by atoms with Crippen LogP contribution in [-0.4, -0.2) is 13.0 Å². The van der Waals surface area contributed by atoms with Crippen LogP contribution in [0.15, 0.2) is 36.4 Å². The molecule has 0 fully saturated rings. The molecule has 0 radical (unpaired) electrons. The maximum absolute atomic E-state index is 13.9. The molecule has 3 nitrogen and oxygen atoms in total. The zero-order valence-corrected chi connectivity index (χ0v) is 14.3. The van der Waals surface area contributed by atoms with Crippen molar-refractivity contribution in [2.45, 2.75) is 26.2 Å². The van der Waals surface area contributed by atoms with Gasteiger partial charge in [0.05, 0.1) is 18.4 Å². The molecular weight excluding hydrogens is 317 g/mol. The molecule has 0 heterocycles. The Morgan fingerprint density at radius 3 is 2.43 bits per heavy atom. The lowest BCUT2D eigenvalue weighted by Gasteiger charge is -2.21. The fourth-order valence-electron chi connectivity index (χ4n) is 2.14. The number of nitrogens with one attached hydrogen (secondary N) is 1. The van der Waals surface area contributed by atoms with Crippen LogP contribution in [0.3, 0.4) is 0 Å². The van der Waals surface area contributed by atoms with Gasteiger partial charge in [-0.15, -0.1) is 0 Å². The second-order valence-electron chi connectivity index (χ2n) is 6.24. The van der Waals surface area contributed by atoms with Crippen LogP contribution in [0.5, 0.6) is 5.75 Å². The Bertz CT molecular complexity index is 738. The lowest BCUT2D eigenvalue weighted by atomic mass is 9.87. The molecule has 122 valence electrons. The third-order valence-electron chi connectivity index (χ3n) is 3.49. The summed E-state index contributed by atoms with van der Waals surface area (Å²) in [7, 11) is 1.52. The summed E-state index contributed by atoms with van der Waals surface area (Å²) < 4.78 is 19.1. The summed E-state index contributed by atoms with van der Waals surface area (Å²) in [6.07, 6.45) is 0. The van der Waals surface area contributed by atoms with E-state index in [2.05, 4.69) is 26.1 Å². The molecule has 0 spiro atoms. The average molecular weight is 336 g/mol. The average Bonchev–Trinajstić information content (AvgIpc) is 2.46. The van der Waals surface area contributed by atoms with Crippen molar-refractivity contribution in [1.29, 1.82) is 0 Å². The van der Waals surface area contributed by atoms with Gasteiger partial charge < -0.3 is 10.1 Å². The van der Waals surface area contributed by atoms with Crippen LogP contribution in [0.2, 0.25) is 5.02 Å². The van der Waals surface area contributed by atoms with E-state index < -0.39 is 11.7 Å². The first kappa shape index (κ1) is 17.3. The van der Waals surface area contributed by atoms with E-state index in [1.165, 1.54) is 19.2 Å². The maximum Gasteiger partial charge on any atom is 0.258 e. The number of ether oxygens (including phenoxy) is 1. The first-order valence-corrected chi connectivity index (χ1v) is 7.55. The Labute approximate surface area is 140 Å². The van der Waals surface area contributed by atoms with Gasteiger partial charge in [-0.3, -0.25) is 4.79 Å². The van der Waals surface area contributed by atoms with Gasteiger partial charge in [-0.05, 0) is 41.3 Å². The van der Waals surface area contributed by atoms with Crippen molar-refractivity contribution < 1.29 is 13.9 Å². The van der Waals surface area contributed by atoms with Gasteiger partial charge in [0.2, 0.25) is 0 Å². The van der Waals surface area contributed by atoms with Crippen LogP contribution < -0.4 is 10.1 Å². The van der Waals surface area contributed by atoms with E-state index in [1.807, 2.05) is 12.1 Å². The molecule has 1 amide bonds. The normalized spacial score (nSPS) is 11.2. The molecule has 0 saturated carbocycles. The van der Waals surface area contributed by atoms with Crippen LogP contribution in [0.25, 0.3) is 0 Å². The van der Waals surface area contributed by atoms with Crippen LogP contribution in [0.1, 0.15) is 36.7 Å². The fourth-order valence-corrected chi connectivity index (χ4v) is 2.29. The van der Waals surface area contributed by atoms with Gasteiger partial charge in [0.25, 0.3) is 5.91 Å². The molecule has 2 aromatic rings. The quantitative estimate of drug-likeness (QED) is 0.853. The highest BCUT2D eigenvalue weighted by Crippen LogP contribution is 2.31. The number of anilines is 1. The summed E-state index contributed by atoms with van der Waals surface area (Å²) in [6.45, 7) is 6.21. The predicted octanol–water partition coefficient (Wildman–Crippen LogP) is 5.04. The molecule has 0 saturated heterocycles. The van der Waals surface area contributed by atoms with E-state index in [9.17, 15) is 9.18 Å². The standard InChI is InChI=1S/C18H19ClFNO2/c1-18(2,3)11-5-8-16(23-4)15(9-11)21-17(22)13-7-6-12(19)10-14(13)20/h5-10H,1-4H3,(H,21,22). The Morgan fingerprint density at radius 2 is 1.87 bits per heavy atom. The van der Waals surface area contributed by atoms with Gasteiger partial charge in [-0.1, -0.05) is 38.4 Å². The summed E-state index contributed by atoms with van der Waals surface area (Å²) in [5.41, 5.74) is 1.37. The molecule has 0 aromatic heterocycles. The number of benzene rings is 2. The van der Waals surface area contributed by atoms with Crippen molar-refractivity contribution in [3.05, 3.63) is 58.4 Å². The number of rotatable bonds is 3. The van der Waals surface area contributed by atoms with Crippen LogP contribution >= 0.6 is 11.6 Å². The van der Waals surface area contributed by atoms with E-state index in [0.29, 0.717) is 11.4 Å². The number of halogens is 2. The minimum atomic E-state index is -0.666. The second-order valence-corrected chi connectivity index (χ2v) is 6.68. The highest BCUT2D eigenvalue weighted by molar-refractivity contribution is 6.30. The number of carbonyl (C=O) groups excluding carboxylic acids is 1. The molecular formula is C18H19ClFNO2. The second kappa shape index (κ2) is 6.59. The first-order valence-electron chi connectivity index (χ1n) is 7.17.